The lowest BCUT2D eigenvalue weighted by Crippen LogP contribution is -2.46. The Morgan fingerprint density at radius 2 is 1.75 bits per heavy atom. The fourth-order valence-corrected chi connectivity index (χ4v) is 10.7. The van der Waals surface area contributed by atoms with Gasteiger partial charge in [-0.05, 0) is 117 Å². The van der Waals surface area contributed by atoms with Crippen LogP contribution in [-0.2, 0) is 23.1 Å². The molecule has 3 atom stereocenters. The number of nitrogens with one attached hydrogen (secondary N) is 1. The van der Waals surface area contributed by atoms with Crippen molar-refractivity contribution in [1.82, 2.24) is 39.8 Å². The second-order valence-electron chi connectivity index (χ2n) is 18.7. The molecule has 3 aromatic heterocycles. The number of carbonyl (C=O) groups is 2. The third-order valence-electron chi connectivity index (χ3n) is 14.1. The van der Waals surface area contributed by atoms with Crippen LogP contribution in [0.25, 0.3) is 43.8 Å². The molecule has 3 aromatic carbocycles. The molecule has 2 unspecified atom stereocenters. The monoisotopic (exact) mass is 887 g/mol. The summed E-state index contributed by atoms with van der Waals surface area (Å²) in [6, 6.07) is 12.4. The molecule has 7 heterocycles. The van der Waals surface area contributed by atoms with E-state index in [2.05, 4.69) is 43.3 Å². The Hall–Kier alpha value is -5.84. The van der Waals surface area contributed by atoms with Gasteiger partial charge in [0.1, 0.15) is 34.7 Å². The van der Waals surface area contributed by atoms with Crippen LogP contribution >= 0.6 is 0 Å². The number of hydrogen-bond acceptors (Lipinski definition) is 12. The number of nitrogens with zero attached hydrogens (tertiary/aromatic N) is 8. The fourth-order valence-electron chi connectivity index (χ4n) is 10.7. The van der Waals surface area contributed by atoms with E-state index in [0.717, 1.165) is 68.6 Å². The average Bonchev–Trinajstić information content (AvgIpc) is 3.88. The summed E-state index contributed by atoms with van der Waals surface area (Å²) < 4.78 is 40.6. The molecule has 0 saturated carbocycles. The van der Waals surface area contributed by atoms with Crippen LogP contribution in [0.2, 0.25) is 0 Å². The summed E-state index contributed by atoms with van der Waals surface area (Å²) >= 11 is 0. The molecule has 4 aliphatic rings. The summed E-state index contributed by atoms with van der Waals surface area (Å²) in [6.45, 7) is 9.79. The number of piperidine rings is 3. The van der Waals surface area contributed by atoms with Gasteiger partial charge in [-0.1, -0.05) is 25.1 Å². The van der Waals surface area contributed by atoms with Crippen molar-refractivity contribution in [3.05, 3.63) is 77.1 Å². The van der Waals surface area contributed by atoms with E-state index in [0.29, 0.717) is 85.2 Å². The molecule has 4 fully saturated rings. The van der Waals surface area contributed by atoms with Gasteiger partial charge in [0.2, 0.25) is 11.8 Å². The van der Waals surface area contributed by atoms with Crippen molar-refractivity contribution in [2.75, 3.05) is 57.3 Å². The number of aryl methyl sites for hydroxylation is 2. The molecule has 6 aromatic rings. The number of phenolic OH excluding ortho intramolecular Hbond substituents is 1. The molecule has 16 heteroatoms. The van der Waals surface area contributed by atoms with Crippen LogP contribution in [-0.4, -0.2) is 121 Å². The summed E-state index contributed by atoms with van der Waals surface area (Å²) in [5.41, 5.74) is 2.65. The normalized spacial score (nSPS) is 22.7. The summed E-state index contributed by atoms with van der Waals surface area (Å²) in [5, 5.41) is 31.3. The van der Waals surface area contributed by atoms with Gasteiger partial charge in [0.15, 0.2) is 5.82 Å². The molecule has 65 heavy (non-hydrogen) atoms. The number of hydrogen-bond donors (Lipinski definition) is 3. The molecule has 10 rings (SSSR count). The zero-order chi connectivity index (χ0) is 45.1. The first-order valence-corrected chi connectivity index (χ1v) is 23.0. The minimum Gasteiger partial charge on any atom is -0.508 e. The minimum absolute atomic E-state index is 0.00151. The highest BCUT2D eigenvalue weighted by molar-refractivity contribution is 6.03. The number of β-amino-alcohol motifs (C(OH)–C–C–N with tert-alkyl or cyclic N) is 1. The van der Waals surface area contributed by atoms with Gasteiger partial charge in [-0.2, -0.15) is 15.1 Å². The van der Waals surface area contributed by atoms with Gasteiger partial charge >= 0.3 is 6.01 Å². The van der Waals surface area contributed by atoms with Crippen LogP contribution in [0.5, 0.6) is 11.8 Å². The highest BCUT2D eigenvalue weighted by Crippen LogP contribution is 2.40. The zero-order valence-corrected chi connectivity index (χ0v) is 37.1. The molecule has 3 N–H and O–H groups in total. The maximum Gasteiger partial charge on any atom is 0.319 e. The Kier molecular flexibility index (Phi) is 11.4. The third kappa shape index (κ3) is 8.36. The average molecular weight is 888 g/mol. The largest absolute Gasteiger partial charge is 0.508 e. The lowest BCUT2D eigenvalue weighted by atomic mass is 9.88. The Morgan fingerprint density at radius 1 is 0.954 bits per heavy atom. The first-order chi connectivity index (χ1) is 31.3. The van der Waals surface area contributed by atoms with Crippen LogP contribution in [0.4, 0.5) is 14.6 Å². The predicted octanol–water partition coefficient (Wildman–Crippen LogP) is 6.48. The van der Waals surface area contributed by atoms with Crippen molar-refractivity contribution in [2.45, 2.75) is 88.8 Å². The van der Waals surface area contributed by atoms with E-state index < -0.39 is 23.2 Å². The molecule has 0 spiro atoms. The van der Waals surface area contributed by atoms with E-state index in [9.17, 15) is 19.8 Å². The summed E-state index contributed by atoms with van der Waals surface area (Å²) in [7, 11) is 1.91. The topological polar surface area (TPSA) is 162 Å². The van der Waals surface area contributed by atoms with Crippen LogP contribution in [0.3, 0.4) is 0 Å². The maximum absolute atomic E-state index is 17.1. The Balaban J connectivity index is 0.824. The van der Waals surface area contributed by atoms with E-state index in [-0.39, 0.29) is 46.5 Å². The number of benzene rings is 3. The number of aliphatic hydroxyl groups is 1. The van der Waals surface area contributed by atoms with Gasteiger partial charge in [-0.25, -0.2) is 8.78 Å². The number of likely N-dealkylation sites (tertiary alicyclic amines) is 2. The van der Waals surface area contributed by atoms with Gasteiger partial charge in [0.25, 0.3) is 0 Å². The molecule has 4 saturated heterocycles. The molecule has 340 valence electrons. The van der Waals surface area contributed by atoms with E-state index in [1.807, 2.05) is 23.6 Å². The van der Waals surface area contributed by atoms with Crippen molar-refractivity contribution >= 4 is 50.2 Å². The number of rotatable bonds is 10. The van der Waals surface area contributed by atoms with Crippen molar-refractivity contribution in [2.24, 2.45) is 7.05 Å². The number of halogens is 2. The number of fused-ring (bicyclic) bond motifs is 3. The number of aromatic nitrogens is 5. The Bertz CT molecular complexity index is 2840. The van der Waals surface area contributed by atoms with E-state index in [1.165, 1.54) is 30.0 Å². The minimum atomic E-state index is -0.968. The number of amides is 2. The number of ether oxygens (including phenoxy) is 1. The predicted molar refractivity (Wildman–Crippen MR) is 243 cm³/mol. The van der Waals surface area contributed by atoms with E-state index >= 15 is 8.78 Å². The van der Waals surface area contributed by atoms with Crippen LogP contribution in [0.1, 0.15) is 87.4 Å². The summed E-state index contributed by atoms with van der Waals surface area (Å²) in [4.78, 5) is 45.3. The Morgan fingerprint density at radius 3 is 2.54 bits per heavy atom. The molecule has 0 aliphatic carbocycles. The molecular weight excluding hydrogens is 833 g/mol. The lowest BCUT2D eigenvalue weighted by Gasteiger charge is -2.38. The molecular formula is C49H55F2N9O5. The first-order valence-electron chi connectivity index (χ1n) is 23.0. The number of anilines is 1. The standard InChI is InChI=1S/C49H55F2N9O5/c1-4-33-38(50)10-7-30-22-31(61)24-36(41(30)33)44-42(51)45-37(25-52-44)46(60-16-5-15-49(2,64)27-60)55-48(54-45)65-32-14-19-59(26-32)21-20-58-17-12-28(13-18-58)29-6-8-34-39(23-29)57(3)56-43(34)35-9-11-40(62)53-47(35)63/h6-8,10,22-25,28,32,35,61,64H,4-5,9,11-21,26-27H2,1-3H3,(H,53,62,63)/t32?,35?,49-/m1/s1. The second-order valence-corrected chi connectivity index (χ2v) is 18.7. The number of pyridine rings is 1. The van der Waals surface area contributed by atoms with Gasteiger partial charge in [0, 0.05) is 69.9 Å². The third-order valence-corrected chi connectivity index (χ3v) is 14.1. The van der Waals surface area contributed by atoms with E-state index in [4.69, 9.17) is 14.8 Å². The van der Waals surface area contributed by atoms with Crippen LogP contribution in [0.15, 0.2) is 48.7 Å². The molecule has 14 nitrogen and oxygen atoms in total. The Labute approximate surface area is 375 Å². The maximum atomic E-state index is 17.1. The smallest absolute Gasteiger partial charge is 0.319 e. The number of phenols is 1. The fraction of sp³-hybridized carbons (Fsp3) is 0.469. The van der Waals surface area contributed by atoms with Crippen molar-refractivity contribution in [1.29, 1.82) is 0 Å². The molecule has 0 radical (unpaired) electrons. The number of aromatic hydroxyl groups is 1. The highest BCUT2D eigenvalue weighted by atomic mass is 19.1. The zero-order valence-electron chi connectivity index (χ0n) is 37.1. The van der Waals surface area contributed by atoms with Gasteiger partial charge < -0.3 is 24.7 Å². The molecule has 0 bridgehead atoms. The SMILES string of the molecule is CCc1c(F)ccc2cc(O)cc(-c3ncc4c(N5CCC[C@@](C)(O)C5)nc(OC5CCN(CCN6CCC(c7ccc8c(C9CCC(=O)NC9=O)nn(C)c8c7)CC6)C5)nc4c3F)c12. The van der Waals surface area contributed by atoms with Gasteiger partial charge in [-0.3, -0.25) is 29.5 Å². The summed E-state index contributed by atoms with van der Waals surface area (Å²) in [6.07, 6.45) is 6.62. The number of carbonyl (C=O) groups excluding carboxylic acids is 2. The van der Waals surface area contributed by atoms with Crippen molar-refractivity contribution in [3.8, 4) is 23.0 Å². The van der Waals surface area contributed by atoms with Crippen LogP contribution < -0.4 is 15.0 Å². The highest BCUT2D eigenvalue weighted by Gasteiger charge is 2.34. The second kappa shape index (κ2) is 17.2. The van der Waals surface area contributed by atoms with Crippen LogP contribution in [0, 0.1) is 11.6 Å². The first kappa shape index (κ1) is 43.1. The van der Waals surface area contributed by atoms with Crippen molar-refractivity contribution < 1.29 is 33.3 Å². The lowest BCUT2D eigenvalue weighted by molar-refractivity contribution is -0.134. The number of imide groups is 1. The van der Waals surface area contributed by atoms with E-state index in [1.54, 1.807) is 13.0 Å². The van der Waals surface area contributed by atoms with Gasteiger partial charge in [-0.15, -0.1) is 0 Å². The van der Waals surface area contributed by atoms with Crippen molar-refractivity contribution in [3.63, 3.8) is 0 Å². The van der Waals surface area contributed by atoms with Gasteiger partial charge in [0.05, 0.1) is 28.1 Å². The quantitative estimate of drug-likeness (QED) is 0.129. The molecule has 2 amide bonds. The summed E-state index contributed by atoms with van der Waals surface area (Å²) in [5.74, 6) is -1.32. The molecule has 4 aliphatic heterocycles.